The normalized spacial score (nSPS) is 10.8. The van der Waals surface area contributed by atoms with E-state index >= 15 is 0 Å². The molecule has 106 valence electrons. The molecule has 1 N–H and O–H groups in total. The number of nitrogens with zero attached hydrogens (tertiary/aromatic N) is 2. The van der Waals surface area contributed by atoms with Crippen molar-refractivity contribution in [1.29, 1.82) is 0 Å². The lowest BCUT2D eigenvalue weighted by Gasteiger charge is -2.11. The third-order valence-corrected chi connectivity index (χ3v) is 3.31. The molecule has 1 aromatic heterocycles. The molecule has 0 fully saturated rings. The van der Waals surface area contributed by atoms with Crippen molar-refractivity contribution in [2.24, 2.45) is 0 Å². The van der Waals surface area contributed by atoms with Crippen molar-refractivity contribution < 1.29 is 5.11 Å². The largest absolute Gasteiger partial charge is 0.391 e. The van der Waals surface area contributed by atoms with Crippen molar-refractivity contribution >= 4 is 0 Å². The standard InChI is InChI=1S/C16H20N2O2/c1-4-7-18-16(20)13(10-19)9-15(17-18)14-6-5-11(2)8-12(14)3/h5-6,8-9,19H,4,7,10H2,1-3H3. The van der Waals surface area contributed by atoms with E-state index < -0.39 is 0 Å². The highest BCUT2D eigenvalue weighted by molar-refractivity contribution is 5.64. The Morgan fingerprint density at radius 2 is 2.00 bits per heavy atom. The zero-order chi connectivity index (χ0) is 14.7. The maximum absolute atomic E-state index is 12.1. The van der Waals surface area contributed by atoms with E-state index in [1.807, 2.05) is 32.9 Å². The molecule has 0 atom stereocenters. The van der Waals surface area contributed by atoms with Crippen LogP contribution in [0.2, 0.25) is 0 Å². The zero-order valence-electron chi connectivity index (χ0n) is 12.2. The second kappa shape index (κ2) is 6.01. The molecular weight excluding hydrogens is 252 g/mol. The minimum Gasteiger partial charge on any atom is -0.391 e. The first-order valence-electron chi connectivity index (χ1n) is 6.86. The van der Waals surface area contributed by atoms with E-state index in [0.717, 1.165) is 23.2 Å². The summed E-state index contributed by atoms with van der Waals surface area (Å²) in [6.45, 7) is 6.36. The van der Waals surface area contributed by atoms with Crippen molar-refractivity contribution in [3.8, 4) is 11.3 Å². The van der Waals surface area contributed by atoms with E-state index in [2.05, 4.69) is 11.2 Å². The Kier molecular flexibility index (Phi) is 4.35. The lowest BCUT2D eigenvalue weighted by Crippen LogP contribution is -2.26. The van der Waals surface area contributed by atoms with E-state index in [4.69, 9.17) is 0 Å². The van der Waals surface area contributed by atoms with Gasteiger partial charge in [0, 0.05) is 17.7 Å². The molecule has 0 amide bonds. The number of rotatable bonds is 4. The Balaban J connectivity index is 2.61. The van der Waals surface area contributed by atoms with E-state index in [9.17, 15) is 9.90 Å². The van der Waals surface area contributed by atoms with Crippen LogP contribution in [0.1, 0.15) is 30.0 Å². The highest BCUT2D eigenvalue weighted by atomic mass is 16.3. The summed E-state index contributed by atoms with van der Waals surface area (Å²) in [5.74, 6) is 0. The molecule has 0 radical (unpaired) electrons. The van der Waals surface area contributed by atoms with Gasteiger partial charge in [0.25, 0.3) is 5.56 Å². The van der Waals surface area contributed by atoms with Crippen LogP contribution in [-0.2, 0) is 13.2 Å². The fraction of sp³-hybridized carbons (Fsp3) is 0.375. The molecule has 0 aliphatic heterocycles. The summed E-state index contributed by atoms with van der Waals surface area (Å²) < 4.78 is 1.44. The highest BCUT2D eigenvalue weighted by Gasteiger charge is 2.10. The summed E-state index contributed by atoms with van der Waals surface area (Å²) in [7, 11) is 0. The maximum atomic E-state index is 12.1. The molecule has 0 unspecified atom stereocenters. The summed E-state index contributed by atoms with van der Waals surface area (Å²) in [6, 6.07) is 7.81. The van der Waals surface area contributed by atoms with Crippen molar-refractivity contribution in [3.05, 3.63) is 51.3 Å². The number of aliphatic hydroxyl groups excluding tert-OH is 1. The Morgan fingerprint density at radius 1 is 1.25 bits per heavy atom. The Bertz CT molecular complexity index is 675. The molecule has 4 heteroatoms. The smallest absolute Gasteiger partial charge is 0.272 e. The van der Waals surface area contributed by atoms with E-state index in [-0.39, 0.29) is 12.2 Å². The maximum Gasteiger partial charge on any atom is 0.272 e. The topological polar surface area (TPSA) is 55.1 Å². The van der Waals surface area contributed by atoms with E-state index in [1.54, 1.807) is 6.07 Å². The molecule has 1 heterocycles. The van der Waals surface area contributed by atoms with Gasteiger partial charge in [-0.15, -0.1) is 0 Å². The first kappa shape index (κ1) is 14.5. The van der Waals surface area contributed by atoms with Crippen LogP contribution >= 0.6 is 0 Å². The molecule has 0 spiro atoms. The number of aromatic nitrogens is 2. The molecule has 2 aromatic rings. The average Bonchev–Trinajstić information content (AvgIpc) is 2.41. The number of hydrogen-bond acceptors (Lipinski definition) is 3. The van der Waals surface area contributed by atoms with Gasteiger partial charge in [0.2, 0.25) is 0 Å². The van der Waals surface area contributed by atoms with Crippen LogP contribution in [0.4, 0.5) is 0 Å². The second-order valence-corrected chi connectivity index (χ2v) is 5.06. The number of benzene rings is 1. The Morgan fingerprint density at radius 3 is 2.60 bits per heavy atom. The molecule has 20 heavy (non-hydrogen) atoms. The van der Waals surface area contributed by atoms with Gasteiger partial charge in [0.1, 0.15) is 0 Å². The van der Waals surface area contributed by atoms with Crippen LogP contribution in [0, 0.1) is 13.8 Å². The molecule has 0 aliphatic carbocycles. The average molecular weight is 272 g/mol. The summed E-state index contributed by atoms with van der Waals surface area (Å²) in [6.07, 6.45) is 0.827. The van der Waals surface area contributed by atoms with Gasteiger partial charge in [-0.2, -0.15) is 5.10 Å². The molecule has 0 saturated carbocycles. The molecule has 1 aromatic carbocycles. The van der Waals surface area contributed by atoms with E-state index in [0.29, 0.717) is 12.1 Å². The van der Waals surface area contributed by atoms with Crippen molar-refractivity contribution in [2.45, 2.75) is 40.3 Å². The number of aliphatic hydroxyl groups is 1. The quantitative estimate of drug-likeness (QED) is 0.930. The lowest BCUT2D eigenvalue weighted by molar-refractivity contribution is 0.278. The van der Waals surface area contributed by atoms with Crippen LogP contribution in [-0.4, -0.2) is 14.9 Å². The Hall–Kier alpha value is -1.94. The SMILES string of the molecule is CCCn1nc(-c2ccc(C)cc2C)cc(CO)c1=O. The van der Waals surface area contributed by atoms with Gasteiger partial charge in [-0.05, 0) is 31.9 Å². The fourth-order valence-electron chi connectivity index (χ4n) is 2.31. The van der Waals surface area contributed by atoms with Crippen molar-refractivity contribution in [2.75, 3.05) is 0 Å². The van der Waals surface area contributed by atoms with Crippen LogP contribution in [0.3, 0.4) is 0 Å². The number of aryl methyl sites for hydroxylation is 3. The fourth-order valence-corrected chi connectivity index (χ4v) is 2.31. The van der Waals surface area contributed by atoms with Crippen LogP contribution in [0.5, 0.6) is 0 Å². The van der Waals surface area contributed by atoms with Gasteiger partial charge in [0.05, 0.1) is 12.3 Å². The van der Waals surface area contributed by atoms with Crippen LogP contribution in [0.15, 0.2) is 29.1 Å². The van der Waals surface area contributed by atoms with Gasteiger partial charge in [-0.25, -0.2) is 4.68 Å². The molecule has 4 nitrogen and oxygen atoms in total. The van der Waals surface area contributed by atoms with Crippen molar-refractivity contribution in [1.82, 2.24) is 9.78 Å². The second-order valence-electron chi connectivity index (χ2n) is 5.06. The predicted octanol–water partition coefficient (Wildman–Crippen LogP) is 2.43. The van der Waals surface area contributed by atoms with Crippen LogP contribution in [0.25, 0.3) is 11.3 Å². The molecule has 0 saturated heterocycles. The van der Waals surface area contributed by atoms with Crippen molar-refractivity contribution in [3.63, 3.8) is 0 Å². The Labute approximate surface area is 118 Å². The highest BCUT2D eigenvalue weighted by Crippen LogP contribution is 2.22. The summed E-state index contributed by atoms with van der Waals surface area (Å²) in [5, 5.41) is 13.8. The molecular formula is C16H20N2O2. The van der Waals surface area contributed by atoms with Gasteiger partial charge >= 0.3 is 0 Å². The van der Waals surface area contributed by atoms with Gasteiger partial charge < -0.3 is 5.11 Å². The summed E-state index contributed by atoms with van der Waals surface area (Å²) in [4.78, 5) is 12.1. The molecule has 2 rings (SSSR count). The first-order valence-corrected chi connectivity index (χ1v) is 6.86. The molecule has 0 bridgehead atoms. The molecule has 0 aliphatic rings. The third kappa shape index (κ3) is 2.80. The predicted molar refractivity (Wildman–Crippen MR) is 79.6 cm³/mol. The first-order chi connectivity index (χ1) is 9.56. The summed E-state index contributed by atoms with van der Waals surface area (Å²) >= 11 is 0. The monoisotopic (exact) mass is 272 g/mol. The minimum atomic E-state index is -0.261. The van der Waals surface area contributed by atoms with Gasteiger partial charge in [-0.1, -0.05) is 30.7 Å². The summed E-state index contributed by atoms with van der Waals surface area (Å²) in [5.41, 5.74) is 4.22. The van der Waals surface area contributed by atoms with E-state index in [1.165, 1.54) is 10.2 Å². The number of hydrogen-bond donors (Lipinski definition) is 1. The minimum absolute atomic E-state index is 0.206. The van der Waals surface area contributed by atoms with Crippen LogP contribution < -0.4 is 5.56 Å². The lowest BCUT2D eigenvalue weighted by atomic mass is 10.0. The van der Waals surface area contributed by atoms with Gasteiger partial charge in [0.15, 0.2) is 0 Å². The zero-order valence-corrected chi connectivity index (χ0v) is 12.2. The van der Waals surface area contributed by atoms with Gasteiger partial charge in [-0.3, -0.25) is 4.79 Å². The third-order valence-electron chi connectivity index (χ3n) is 3.31.